The zero-order valence-electron chi connectivity index (χ0n) is 10.6. The van der Waals surface area contributed by atoms with Crippen molar-refractivity contribution >= 4 is 10.9 Å². The molecule has 0 bridgehead atoms. The molecular formula is C15H21N. The Morgan fingerprint density at radius 3 is 2.50 bits per heavy atom. The molecule has 3 rings (SSSR count). The van der Waals surface area contributed by atoms with Crippen molar-refractivity contribution in [2.75, 3.05) is 0 Å². The highest BCUT2D eigenvalue weighted by molar-refractivity contribution is 5.85. The van der Waals surface area contributed by atoms with Crippen molar-refractivity contribution in [1.82, 2.24) is 4.57 Å². The fourth-order valence-corrected chi connectivity index (χ4v) is 2.72. The molecule has 0 unspecified atom stereocenters. The van der Waals surface area contributed by atoms with Gasteiger partial charge in [0.15, 0.2) is 0 Å². The summed E-state index contributed by atoms with van der Waals surface area (Å²) in [4.78, 5) is 0. The van der Waals surface area contributed by atoms with Gasteiger partial charge in [-0.1, -0.05) is 32.0 Å². The number of aromatic nitrogens is 1. The zero-order valence-corrected chi connectivity index (χ0v) is 10.6. The van der Waals surface area contributed by atoms with Crippen molar-refractivity contribution in [3.05, 3.63) is 35.5 Å². The molecule has 1 heteroatoms. The molecule has 0 saturated carbocycles. The normalized spacial score (nSPS) is 14.2. The Kier molecular flexibility index (Phi) is 3.33. The SMILES string of the molecule is CC.Cn1c2c(c3ccccc31)CCCC2. The average Bonchev–Trinajstić information content (AvgIpc) is 2.67. The van der Waals surface area contributed by atoms with Gasteiger partial charge in [0.1, 0.15) is 0 Å². The number of nitrogens with zero attached hydrogens (tertiary/aromatic N) is 1. The van der Waals surface area contributed by atoms with E-state index in [4.69, 9.17) is 0 Å². The van der Waals surface area contributed by atoms with Crippen LogP contribution in [0, 0.1) is 0 Å². The van der Waals surface area contributed by atoms with Crippen molar-refractivity contribution in [1.29, 1.82) is 0 Å². The Hall–Kier alpha value is -1.24. The van der Waals surface area contributed by atoms with E-state index in [1.165, 1.54) is 36.6 Å². The monoisotopic (exact) mass is 215 g/mol. The molecule has 0 amide bonds. The summed E-state index contributed by atoms with van der Waals surface area (Å²) in [7, 11) is 2.20. The van der Waals surface area contributed by atoms with Gasteiger partial charge < -0.3 is 4.57 Å². The summed E-state index contributed by atoms with van der Waals surface area (Å²) in [5, 5.41) is 1.48. The van der Waals surface area contributed by atoms with Crippen molar-refractivity contribution in [2.24, 2.45) is 7.05 Å². The van der Waals surface area contributed by atoms with Crippen molar-refractivity contribution in [3.8, 4) is 0 Å². The summed E-state index contributed by atoms with van der Waals surface area (Å²) in [6, 6.07) is 8.78. The van der Waals surface area contributed by atoms with Gasteiger partial charge in [-0.05, 0) is 37.3 Å². The molecule has 0 saturated heterocycles. The summed E-state index contributed by atoms with van der Waals surface area (Å²) in [5.41, 5.74) is 4.58. The molecule has 1 nitrogen and oxygen atoms in total. The second-order valence-electron chi connectivity index (χ2n) is 4.21. The van der Waals surface area contributed by atoms with E-state index >= 15 is 0 Å². The zero-order chi connectivity index (χ0) is 11.5. The van der Waals surface area contributed by atoms with Crippen LogP contribution in [-0.4, -0.2) is 4.57 Å². The highest BCUT2D eigenvalue weighted by atomic mass is 14.9. The first-order valence-corrected chi connectivity index (χ1v) is 6.43. The predicted molar refractivity (Wildman–Crippen MR) is 70.9 cm³/mol. The highest BCUT2D eigenvalue weighted by Crippen LogP contribution is 2.30. The molecule has 0 aliphatic heterocycles. The molecule has 0 fully saturated rings. The third-order valence-electron chi connectivity index (χ3n) is 3.43. The summed E-state index contributed by atoms with van der Waals surface area (Å²) >= 11 is 0. The Bertz CT molecular complexity index is 479. The highest BCUT2D eigenvalue weighted by Gasteiger charge is 2.17. The molecule has 1 aromatic heterocycles. The molecule has 86 valence electrons. The molecule has 1 aromatic carbocycles. The standard InChI is InChI=1S/C13H15N.C2H6/c1-14-12-8-4-2-6-10(12)11-7-3-5-9-13(11)14;1-2/h2,4,6,8H,3,5,7,9H2,1H3;1-2H3. The Morgan fingerprint density at radius 2 is 1.69 bits per heavy atom. The van der Waals surface area contributed by atoms with Crippen LogP contribution in [0.2, 0.25) is 0 Å². The van der Waals surface area contributed by atoms with E-state index in [2.05, 4.69) is 35.9 Å². The van der Waals surface area contributed by atoms with E-state index < -0.39 is 0 Å². The van der Waals surface area contributed by atoms with E-state index in [0.717, 1.165) is 0 Å². The van der Waals surface area contributed by atoms with E-state index in [1.54, 1.807) is 11.3 Å². The Labute approximate surface area is 98.1 Å². The fourth-order valence-electron chi connectivity index (χ4n) is 2.72. The van der Waals surface area contributed by atoms with Crippen LogP contribution in [0.5, 0.6) is 0 Å². The van der Waals surface area contributed by atoms with Gasteiger partial charge in [0.2, 0.25) is 0 Å². The van der Waals surface area contributed by atoms with Crippen LogP contribution in [-0.2, 0) is 19.9 Å². The number of rotatable bonds is 0. The van der Waals surface area contributed by atoms with Gasteiger partial charge >= 0.3 is 0 Å². The van der Waals surface area contributed by atoms with Gasteiger partial charge in [-0.25, -0.2) is 0 Å². The quantitative estimate of drug-likeness (QED) is 0.624. The van der Waals surface area contributed by atoms with Crippen LogP contribution in [0.3, 0.4) is 0 Å². The minimum atomic E-state index is 1.26. The number of para-hydroxylation sites is 1. The van der Waals surface area contributed by atoms with Gasteiger partial charge in [0.05, 0.1) is 0 Å². The largest absolute Gasteiger partial charge is 0.347 e. The van der Waals surface area contributed by atoms with Gasteiger partial charge in [0, 0.05) is 23.6 Å². The van der Waals surface area contributed by atoms with Gasteiger partial charge in [0.25, 0.3) is 0 Å². The van der Waals surface area contributed by atoms with Crippen LogP contribution in [0.25, 0.3) is 10.9 Å². The lowest BCUT2D eigenvalue weighted by molar-refractivity contribution is 0.653. The lowest BCUT2D eigenvalue weighted by Crippen LogP contribution is -2.04. The molecule has 1 aliphatic rings. The molecule has 0 spiro atoms. The molecule has 1 aliphatic carbocycles. The van der Waals surface area contributed by atoms with Gasteiger partial charge in [-0.2, -0.15) is 0 Å². The minimum absolute atomic E-state index is 1.26. The molecule has 0 N–H and O–H groups in total. The van der Waals surface area contributed by atoms with Crippen molar-refractivity contribution in [2.45, 2.75) is 39.5 Å². The fraction of sp³-hybridized carbons (Fsp3) is 0.467. The molecule has 16 heavy (non-hydrogen) atoms. The Balaban J connectivity index is 0.000000457. The van der Waals surface area contributed by atoms with Crippen molar-refractivity contribution in [3.63, 3.8) is 0 Å². The number of benzene rings is 1. The van der Waals surface area contributed by atoms with E-state index in [0.29, 0.717) is 0 Å². The van der Waals surface area contributed by atoms with Crippen LogP contribution in [0.1, 0.15) is 37.9 Å². The van der Waals surface area contributed by atoms with Crippen LogP contribution < -0.4 is 0 Å². The predicted octanol–water partition coefficient (Wildman–Crippen LogP) is 4.08. The minimum Gasteiger partial charge on any atom is -0.347 e. The Morgan fingerprint density at radius 1 is 1.00 bits per heavy atom. The van der Waals surface area contributed by atoms with Crippen molar-refractivity contribution < 1.29 is 0 Å². The molecule has 2 aromatic rings. The number of aryl methyl sites for hydroxylation is 2. The van der Waals surface area contributed by atoms with E-state index in [-0.39, 0.29) is 0 Å². The van der Waals surface area contributed by atoms with Crippen LogP contribution >= 0.6 is 0 Å². The first-order valence-electron chi connectivity index (χ1n) is 6.43. The summed E-state index contributed by atoms with van der Waals surface area (Å²) in [6.07, 6.45) is 5.26. The van der Waals surface area contributed by atoms with Gasteiger partial charge in [-0.15, -0.1) is 0 Å². The molecule has 1 heterocycles. The molecule has 0 radical (unpaired) electrons. The molecule has 0 atom stereocenters. The topological polar surface area (TPSA) is 4.93 Å². The van der Waals surface area contributed by atoms with E-state index in [1.807, 2.05) is 13.8 Å². The second kappa shape index (κ2) is 4.73. The number of hydrogen-bond acceptors (Lipinski definition) is 0. The lowest BCUT2D eigenvalue weighted by atomic mass is 9.96. The summed E-state index contributed by atoms with van der Waals surface area (Å²) in [6.45, 7) is 4.00. The average molecular weight is 215 g/mol. The third kappa shape index (κ3) is 1.64. The smallest absolute Gasteiger partial charge is 0.0482 e. The first kappa shape index (κ1) is 11.3. The second-order valence-corrected chi connectivity index (χ2v) is 4.21. The number of fused-ring (bicyclic) bond motifs is 3. The maximum atomic E-state index is 2.38. The maximum Gasteiger partial charge on any atom is 0.0482 e. The van der Waals surface area contributed by atoms with Crippen LogP contribution in [0.4, 0.5) is 0 Å². The summed E-state index contributed by atoms with van der Waals surface area (Å²) in [5.74, 6) is 0. The lowest BCUT2D eigenvalue weighted by Gasteiger charge is -2.12. The first-order chi connectivity index (χ1) is 7.88. The number of hydrogen-bond donors (Lipinski definition) is 0. The van der Waals surface area contributed by atoms with E-state index in [9.17, 15) is 0 Å². The molecular weight excluding hydrogens is 194 g/mol. The summed E-state index contributed by atoms with van der Waals surface area (Å²) < 4.78 is 2.38. The maximum absolute atomic E-state index is 2.38. The third-order valence-corrected chi connectivity index (χ3v) is 3.43. The van der Waals surface area contributed by atoms with Gasteiger partial charge in [-0.3, -0.25) is 0 Å². The van der Waals surface area contributed by atoms with Crippen LogP contribution in [0.15, 0.2) is 24.3 Å².